The van der Waals surface area contributed by atoms with Crippen LogP contribution in [0.15, 0.2) is 52.3 Å². The van der Waals surface area contributed by atoms with Gasteiger partial charge in [-0.05, 0) is 55.8 Å². The molecule has 0 aliphatic carbocycles. The van der Waals surface area contributed by atoms with Crippen LogP contribution in [-0.4, -0.2) is 63.0 Å². The highest BCUT2D eigenvalue weighted by atomic mass is 35.5. The van der Waals surface area contributed by atoms with Crippen molar-refractivity contribution in [3.05, 3.63) is 53.1 Å². The van der Waals surface area contributed by atoms with Crippen LogP contribution in [0.4, 0.5) is 5.69 Å². The molecule has 2 aromatic carbocycles. The molecular weight excluding hydrogens is 418 g/mol. The van der Waals surface area contributed by atoms with Gasteiger partial charge in [-0.3, -0.25) is 4.79 Å². The average Bonchev–Trinajstić information content (AvgIpc) is 2.69. The lowest BCUT2D eigenvalue weighted by Crippen LogP contribution is -2.46. The summed E-state index contributed by atoms with van der Waals surface area (Å²) in [5, 5.41) is 3.13. The van der Waals surface area contributed by atoms with E-state index >= 15 is 0 Å². The van der Waals surface area contributed by atoms with Gasteiger partial charge in [-0.15, -0.1) is 11.8 Å². The molecule has 1 N–H and O–H groups in total. The summed E-state index contributed by atoms with van der Waals surface area (Å²) in [7, 11) is -1.55. The number of anilines is 1. The Morgan fingerprint density at radius 3 is 2.32 bits per heavy atom. The summed E-state index contributed by atoms with van der Waals surface area (Å²) in [5.74, 6) is -0.337. The van der Waals surface area contributed by atoms with Crippen molar-refractivity contribution in [3.63, 3.8) is 0 Å². The molecule has 1 saturated heterocycles. The first-order chi connectivity index (χ1) is 13.3. The third kappa shape index (κ3) is 4.69. The number of nitrogens with zero attached hydrogens (tertiary/aromatic N) is 2. The topological polar surface area (TPSA) is 69.7 Å². The molecule has 2 aromatic rings. The highest BCUT2D eigenvalue weighted by Crippen LogP contribution is 2.25. The monoisotopic (exact) mass is 439 g/mol. The third-order valence-electron chi connectivity index (χ3n) is 4.63. The largest absolute Gasteiger partial charge is 0.322 e. The quantitative estimate of drug-likeness (QED) is 0.724. The number of hydrogen-bond acceptors (Lipinski definition) is 5. The van der Waals surface area contributed by atoms with Gasteiger partial charge in [0, 0.05) is 36.8 Å². The molecule has 0 saturated carbocycles. The highest BCUT2D eigenvalue weighted by Gasteiger charge is 2.27. The molecule has 3 rings (SSSR count). The average molecular weight is 440 g/mol. The Labute approximate surface area is 174 Å². The van der Waals surface area contributed by atoms with E-state index < -0.39 is 10.0 Å². The summed E-state index contributed by atoms with van der Waals surface area (Å²) in [6.45, 7) is 2.37. The Balaban J connectivity index is 1.73. The molecule has 0 atom stereocenters. The summed E-state index contributed by atoms with van der Waals surface area (Å²) in [4.78, 5) is 15.8. The molecule has 0 radical (unpaired) electrons. The van der Waals surface area contributed by atoms with Crippen molar-refractivity contribution in [2.45, 2.75) is 9.79 Å². The number of amides is 1. The van der Waals surface area contributed by atoms with Gasteiger partial charge in [0.15, 0.2) is 0 Å². The Hall–Kier alpha value is -1.58. The number of thioether (sulfide) groups is 1. The van der Waals surface area contributed by atoms with E-state index in [0.29, 0.717) is 42.5 Å². The van der Waals surface area contributed by atoms with E-state index in [-0.39, 0.29) is 10.8 Å². The van der Waals surface area contributed by atoms with Gasteiger partial charge in [0.1, 0.15) is 0 Å². The third-order valence-corrected chi connectivity index (χ3v) is 7.60. The van der Waals surface area contributed by atoms with Gasteiger partial charge in [-0.2, -0.15) is 4.31 Å². The van der Waals surface area contributed by atoms with Crippen molar-refractivity contribution >= 4 is 45.0 Å². The molecule has 1 aliphatic rings. The number of carbonyl (C=O) groups excluding carboxylic acids is 1. The van der Waals surface area contributed by atoms with Crippen LogP contribution in [0.3, 0.4) is 0 Å². The molecule has 28 heavy (non-hydrogen) atoms. The highest BCUT2D eigenvalue weighted by molar-refractivity contribution is 7.98. The van der Waals surface area contributed by atoms with E-state index in [1.54, 1.807) is 24.3 Å². The minimum Gasteiger partial charge on any atom is -0.322 e. The first kappa shape index (κ1) is 21.1. The number of hydrogen-bond donors (Lipinski definition) is 1. The van der Waals surface area contributed by atoms with E-state index in [4.69, 9.17) is 11.6 Å². The van der Waals surface area contributed by atoms with Crippen LogP contribution in [0.25, 0.3) is 0 Å². The number of sulfonamides is 1. The van der Waals surface area contributed by atoms with Crippen molar-refractivity contribution in [1.29, 1.82) is 0 Å². The molecule has 1 amide bonds. The number of likely N-dealkylation sites (N-methyl/N-ethyl adjacent to an activating group) is 1. The van der Waals surface area contributed by atoms with Gasteiger partial charge in [0.25, 0.3) is 5.91 Å². The van der Waals surface area contributed by atoms with Crippen LogP contribution in [0.1, 0.15) is 10.4 Å². The maximum absolute atomic E-state index is 12.8. The van der Waals surface area contributed by atoms with Crippen LogP contribution < -0.4 is 5.32 Å². The van der Waals surface area contributed by atoms with Gasteiger partial charge >= 0.3 is 0 Å². The summed E-state index contributed by atoms with van der Waals surface area (Å²) in [5.41, 5.74) is 0.885. The van der Waals surface area contributed by atoms with Crippen molar-refractivity contribution in [2.24, 2.45) is 0 Å². The van der Waals surface area contributed by atoms with Gasteiger partial charge in [0.05, 0.1) is 15.5 Å². The van der Waals surface area contributed by atoms with Gasteiger partial charge in [0.2, 0.25) is 10.0 Å². The zero-order chi connectivity index (χ0) is 20.3. The van der Waals surface area contributed by atoms with Crippen molar-refractivity contribution < 1.29 is 13.2 Å². The Bertz CT molecular complexity index is 957. The maximum atomic E-state index is 12.8. The Morgan fingerprint density at radius 1 is 1.07 bits per heavy atom. The van der Waals surface area contributed by atoms with E-state index in [9.17, 15) is 13.2 Å². The van der Waals surface area contributed by atoms with Crippen molar-refractivity contribution in [1.82, 2.24) is 9.21 Å². The minimum atomic E-state index is -3.53. The van der Waals surface area contributed by atoms with Crippen LogP contribution in [0.5, 0.6) is 0 Å². The van der Waals surface area contributed by atoms with Crippen molar-refractivity contribution in [2.75, 3.05) is 44.8 Å². The van der Waals surface area contributed by atoms with Crippen LogP contribution >= 0.6 is 23.4 Å². The lowest BCUT2D eigenvalue weighted by molar-refractivity contribution is 0.102. The van der Waals surface area contributed by atoms with E-state index in [2.05, 4.69) is 10.2 Å². The lowest BCUT2D eigenvalue weighted by atomic mass is 10.2. The fraction of sp³-hybridized carbons (Fsp3) is 0.316. The normalized spacial score (nSPS) is 16.1. The molecule has 0 unspecified atom stereocenters. The molecule has 1 aliphatic heterocycles. The summed E-state index contributed by atoms with van der Waals surface area (Å²) in [6, 6.07) is 11.5. The number of rotatable bonds is 5. The smallest absolute Gasteiger partial charge is 0.257 e. The zero-order valence-corrected chi connectivity index (χ0v) is 18.1. The molecule has 9 heteroatoms. The maximum Gasteiger partial charge on any atom is 0.257 e. The second kappa shape index (κ2) is 8.84. The molecule has 1 fully saturated rings. The fourth-order valence-electron chi connectivity index (χ4n) is 2.89. The van der Waals surface area contributed by atoms with E-state index in [0.717, 1.165) is 4.90 Å². The van der Waals surface area contributed by atoms with Gasteiger partial charge in [-0.25, -0.2) is 8.42 Å². The van der Waals surface area contributed by atoms with Crippen LogP contribution in [0, 0.1) is 0 Å². The van der Waals surface area contributed by atoms with Gasteiger partial charge < -0.3 is 10.2 Å². The summed E-state index contributed by atoms with van der Waals surface area (Å²) < 4.78 is 27.0. The number of halogens is 1. The zero-order valence-electron chi connectivity index (χ0n) is 15.7. The van der Waals surface area contributed by atoms with E-state index in [1.807, 2.05) is 19.4 Å². The predicted molar refractivity (Wildman–Crippen MR) is 114 cm³/mol. The second-order valence-electron chi connectivity index (χ2n) is 6.53. The Kier molecular flexibility index (Phi) is 6.67. The summed E-state index contributed by atoms with van der Waals surface area (Å²) >= 11 is 7.66. The van der Waals surface area contributed by atoms with Crippen LogP contribution in [-0.2, 0) is 10.0 Å². The molecule has 0 spiro atoms. The number of benzene rings is 2. The molecule has 0 aromatic heterocycles. The Morgan fingerprint density at radius 2 is 1.71 bits per heavy atom. The first-order valence-electron chi connectivity index (χ1n) is 8.75. The van der Waals surface area contributed by atoms with E-state index in [1.165, 1.54) is 28.2 Å². The molecule has 1 heterocycles. The summed E-state index contributed by atoms with van der Waals surface area (Å²) in [6.07, 6.45) is 1.92. The predicted octanol–water partition coefficient (Wildman–Crippen LogP) is 3.25. The lowest BCUT2D eigenvalue weighted by Gasteiger charge is -2.31. The first-order valence-corrected chi connectivity index (χ1v) is 11.8. The number of piperazine rings is 1. The molecule has 0 bridgehead atoms. The second-order valence-corrected chi connectivity index (χ2v) is 9.76. The van der Waals surface area contributed by atoms with Gasteiger partial charge in [-0.1, -0.05) is 11.6 Å². The number of carbonyl (C=O) groups is 1. The van der Waals surface area contributed by atoms with Crippen molar-refractivity contribution in [3.8, 4) is 0 Å². The number of nitrogens with one attached hydrogen (secondary N) is 1. The molecular formula is C19H22ClN3O3S2. The minimum absolute atomic E-state index is 0.220. The molecule has 6 nitrogen and oxygen atoms in total. The fourth-order valence-corrected chi connectivity index (χ4v) is 4.96. The standard InChI is InChI=1S/C19H22ClN3O3S2/c1-22-9-11-23(12-10-22)28(25,26)16-6-3-14(4-7-16)21-19(24)17-13-15(27-2)5-8-18(17)20/h3-8,13H,9-12H2,1-2H3,(H,21,24). The SMILES string of the molecule is CSc1ccc(Cl)c(C(=O)Nc2ccc(S(=O)(=O)N3CCN(C)CC3)cc2)c1. The molecule has 150 valence electrons. The van der Waals surface area contributed by atoms with Crippen LogP contribution in [0.2, 0.25) is 5.02 Å².